The largest absolute Gasteiger partial charge is 0.493 e. The van der Waals surface area contributed by atoms with Crippen LogP contribution in [0, 0.1) is 10.1 Å². The van der Waals surface area contributed by atoms with Gasteiger partial charge in [0.1, 0.15) is 5.70 Å². The number of esters is 2. The highest BCUT2D eigenvalue weighted by molar-refractivity contribution is 6.07. The lowest BCUT2D eigenvalue weighted by Crippen LogP contribution is -2.42. The monoisotopic (exact) mass is 672 g/mol. The summed E-state index contributed by atoms with van der Waals surface area (Å²) in [6, 6.07) is 26.0. The number of nitro groups is 1. The van der Waals surface area contributed by atoms with Crippen molar-refractivity contribution in [3.8, 4) is 22.6 Å². The van der Waals surface area contributed by atoms with E-state index < -0.39 is 28.2 Å². The maximum atomic E-state index is 14.8. The topological polar surface area (TPSA) is 117 Å². The predicted molar refractivity (Wildman–Crippen MR) is 187 cm³/mol. The molecule has 0 aromatic heterocycles. The van der Waals surface area contributed by atoms with Crippen LogP contribution in [0.3, 0.4) is 0 Å². The molecule has 4 aromatic carbocycles. The molecule has 254 valence electrons. The molecule has 0 bridgehead atoms. The maximum Gasteiger partial charge on any atom is 0.355 e. The number of benzene rings is 4. The van der Waals surface area contributed by atoms with Gasteiger partial charge in [-0.2, -0.15) is 0 Å². The van der Waals surface area contributed by atoms with Crippen LogP contribution in [0.5, 0.6) is 11.5 Å². The van der Waals surface area contributed by atoms with Gasteiger partial charge >= 0.3 is 11.9 Å². The Morgan fingerprint density at radius 3 is 1.98 bits per heavy atom. The van der Waals surface area contributed by atoms with Gasteiger partial charge in [0, 0.05) is 35.9 Å². The smallest absolute Gasteiger partial charge is 0.355 e. The van der Waals surface area contributed by atoms with Crippen molar-refractivity contribution >= 4 is 23.3 Å². The van der Waals surface area contributed by atoms with E-state index >= 15 is 0 Å². The highest BCUT2D eigenvalue weighted by atomic mass is 16.6. The molecule has 1 atom stereocenters. The van der Waals surface area contributed by atoms with Gasteiger partial charge in [-0.15, -0.1) is 0 Å². The van der Waals surface area contributed by atoms with E-state index in [1.165, 1.54) is 12.1 Å². The minimum atomic E-state index is -1.32. The number of fused-ring (bicyclic) bond motifs is 8. The molecule has 0 N–H and O–H groups in total. The van der Waals surface area contributed by atoms with Gasteiger partial charge in [-0.05, 0) is 65.8 Å². The number of carbonyl (C=O) groups is 2. The van der Waals surface area contributed by atoms with Gasteiger partial charge in [0.15, 0.2) is 11.5 Å². The number of methoxy groups -OCH3 is 2. The molecule has 0 saturated carbocycles. The van der Waals surface area contributed by atoms with Gasteiger partial charge in [-0.1, -0.05) is 66.7 Å². The molecule has 4 aromatic rings. The first-order chi connectivity index (χ1) is 24.3. The summed E-state index contributed by atoms with van der Waals surface area (Å²) in [5.41, 5.74) is 5.41. The van der Waals surface area contributed by atoms with Crippen molar-refractivity contribution in [1.29, 1.82) is 0 Å². The summed E-state index contributed by atoms with van der Waals surface area (Å²) in [6.45, 7) is 3.96. The standard InChI is InChI=1S/C40H36N2O8/c1-5-49-38(43)36-37(39(44)50-6-2)41-20-19-25-21-34(47-3)35(48-4)22-29(25)33(41)23-32(24-15-17-26(18-16-24)42(45)46)40(36)30-13-9-7-11-27(30)28-12-8-10-14-31(28)40/h7-18,21-23,32H,5-6,19-20H2,1-4H3/t32-/m1/s1. The first kappa shape index (κ1) is 32.6. The molecule has 10 nitrogen and oxygen atoms in total. The first-order valence-corrected chi connectivity index (χ1v) is 16.6. The minimum Gasteiger partial charge on any atom is -0.493 e. The Kier molecular flexibility index (Phi) is 8.39. The fourth-order valence-electron chi connectivity index (χ4n) is 7.93. The molecule has 2 heterocycles. The summed E-state index contributed by atoms with van der Waals surface area (Å²) in [4.78, 5) is 42.6. The summed E-state index contributed by atoms with van der Waals surface area (Å²) >= 11 is 0. The van der Waals surface area contributed by atoms with E-state index in [0.717, 1.165) is 33.4 Å². The first-order valence-electron chi connectivity index (χ1n) is 16.6. The zero-order chi connectivity index (χ0) is 35.2. The number of hydrogen-bond donors (Lipinski definition) is 0. The van der Waals surface area contributed by atoms with Crippen LogP contribution in [0.15, 0.2) is 102 Å². The number of rotatable bonds is 8. The third-order valence-corrected chi connectivity index (χ3v) is 9.88. The quantitative estimate of drug-likeness (QED) is 0.111. The molecule has 50 heavy (non-hydrogen) atoms. The second-order valence-corrected chi connectivity index (χ2v) is 12.2. The molecule has 7 rings (SSSR count). The molecule has 0 saturated heterocycles. The lowest BCUT2D eigenvalue weighted by Gasteiger charge is -2.40. The molecule has 0 unspecified atom stereocenters. The molecule has 3 aliphatic rings. The van der Waals surface area contributed by atoms with Crippen LogP contribution < -0.4 is 9.47 Å². The Bertz CT molecular complexity index is 2050. The van der Waals surface area contributed by atoms with Gasteiger partial charge in [0.05, 0.1) is 43.3 Å². The molecule has 1 aliphatic carbocycles. The molecule has 0 fully saturated rings. The summed E-state index contributed by atoms with van der Waals surface area (Å²) in [5, 5.41) is 11.8. The third-order valence-electron chi connectivity index (χ3n) is 9.88. The third kappa shape index (κ3) is 4.85. The van der Waals surface area contributed by atoms with Gasteiger partial charge in [-0.3, -0.25) is 10.1 Å². The maximum absolute atomic E-state index is 14.8. The fourth-order valence-corrected chi connectivity index (χ4v) is 7.93. The Balaban J connectivity index is 1.69. The van der Waals surface area contributed by atoms with E-state index in [2.05, 4.69) is 6.08 Å². The van der Waals surface area contributed by atoms with Crippen molar-refractivity contribution < 1.29 is 33.5 Å². The Labute approximate surface area is 289 Å². The number of non-ortho nitro benzene ring substituents is 1. The van der Waals surface area contributed by atoms with Crippen LogP contribution in [0.1, 0.15) is 47.6 Å². The zero-order valence-electron chi connectivity index (χ0n) is 28.2. The molecule has 0 amide bonds. The molecule has 0 radical (unpaired) electrons. The number of nitrogens with zero attached hydrogens (tertiary/aromatic N) is 2. The van der Waals surface area contributed by atoms with Gasteiger partial charge in [-0.25, -0.2) is 9.59 Å². The predicted octanol–water partition coefficient (Wildman–Crippen LogP) is 6.96. The average Bonchev–Trinajstić information content (AvgIpc) is 3.34. The average molecular weight is 673 g/mol. The lowest BCUT2D eigenvalue weighted by molar-refractivity contribution is -0.384. The molecule has 10 heteroatoms. The van der Waals surface area contributed by atoms with Crippen LogP contribution in [-0.4, -0.2) is 55.7 Å². The molecular weight excluding hydrogens is 636 g/mol. The van der Waals surface area contributed by atoms with E-state index in [4.69, 9.17) is 18.9 Å². The summed E-state index contributed by atoms with van der Waals surface area (Å²) in [7, 11) is 3.15. The summed E-state index contributed by atoms with van der Waals surface area (Å²) in [6.07, 6.45) is 2.60. The van der Waals surface area contributed by atoms with Gasteiger partial charge in [0.2, 0.25) is 0 Å². The van der Waals surface area contributed by atoms with Gasteiger partial charge in [0.25, 0.3) is 5.69 Å². The highest BCUT2D eigenvalue weighted by Crippen LogP contribution is 2.62. The van der Waals surface area contributed by atoms with Crippen molar-refractivity contribution in [2.24, 2.45) is 0 Å². The van der Waals surface area contributed by atoms with Crippen molar-refractivity contribution in [1.82, 2.24) is 4.90 Å². The van der Waals surface area contributed by atoms with Crippen LogP contribution in [0.2, 0.25) is 0 Å². The number of carbonyl (C=O) groups excluding carboxylic acids is 2. The van der Waals surface area contributed by atoms with E-state index in [1.807, 2.05) is 65.6 Å². The van der Waals surface area contributed by atoms with Crippen molar-refractivity contribution in [2.75, 3.05) is 34.0 Å². The zero-order valence-corrected chi connectivity index (χ0v) is 28.2. The second-order valence-electron chi connectivity index (χ2n) is 12.2. The van der Waals surface area contributed by atoms with E-state index in [1.54, 1.807) is 40.2 Å². The van der Waals surface area contributed by atoms with Crippen molar-refractivity contribution in [3.05, 3.63) is 140 Å². The van der Waals surface area contributed by atoms with Crippen molar-refractivity contribution in [3.63, 3.8) is 0 Å². The number of allylic oxidation sites excluding steroid dienone is 1. The number of nitro benzene ring substituents is 1. The Morgan fingerprint density at radius 1 is 0.820 bits per heavy atom. The molecular formula is C40H36N2O8. The van der Waals surface area contributed by atoms with Crippen LogP contribution in [0.4, 0.5) is 5.69 Å². The summed E-state index contributed by atoms with van der Waals surface area (Å²) < 4.78 is 23.1. The second kappa shape index (κ2) is 12.9. The normalized spacial score (nSPS) is 16.7. The van der Waals surface area contributed by atoms with E-state index in [0.29, 0.717) is 35.7 Å². The number of hydrogen-bond acceptors (Lipinski definition) is 9. The van der Waals surface area contributed by atoms with Gasteiger partial charge < -0.3 is 23.8 Å². The van der Waals surface area contributed by atoms with Crippen LogP contribution in [-0.2, 0) is 30.9 Å². The van der Waals surface area contributed by atoms with Crippen LogP contribution >= 0.6 is 0 Å². The summed E-state index contributed by atoms with van der Waals surface area (Å²) in [5.74, 6) is -0.901. The van der Waals surface area contributed by atoms with E-state index in [9.17, 15) is 19.7 Å². The van der Waals surface area contributed by atoms with E-state index in [-0.39, 0.29) is 30.2 Å². The molecule has 2 aliphatic heterocycles. The highest BCUT2D eigenvalue weighted by Gasteiger charge is 2.58. The Hall–Kier alpha value is -5.90. The van der Waals surface area contributed by atoms with Crippen LogP contribution in [0.25, 0.3) is 16.8 Å². The fraction of sp³-hybridized carbons (Fsp3) is 0.250. The van der Waals surface area contributed by atoms with Crippen molar-refractivity contribution in [2.45, 2.75) is 31.6 Å². The number of ether oxygens (including phenoxy) is 4. The SMILES string of the molecule is CCOC(=O)C1=C(C(=O)OCC)C2(c3ccccc3-c3ccccc32)[C@@H](c2ccc([N+](=O)[O-])cc2)C=C2c3cc(OC)c(OC)cc3CCN21. The molecule has 1 spiro atoms. The lowest BCUT2D eigenvalue weighted by atomic mass is 9.61. The Morgan fingerprint density at radius 2 is 1.40 bits per heavy atom. The minimum absolute atomic E-state index is 0.0638.